The van der Waals surface area contributed by atoms with Gasteiger partial charge in [-0.05, 0) is 107 Å². The summed E-state index contributed by atoms with van der Waals surface area (Å²) in [5, 5.41) is 0. The lowest BCUT2D eigenvalue weighted by molar-refractivity contribution is -0.449. The van der Waals surface area contributed by atoms with Crippen molar-refractivity contribution in [2.24, 2.45) is 18.1 Å². The summed E-state index contributed by atoms with van der Waals surface area (Å²) in [6, 6.07) is 37.4. The predicted octanol–water partition coefficient (Wildman–Crippen LogP) is 13.9. The summed E-state index contributed by atoms with van der Waals surface area (Å²) in [4.78, 5) is 0. The highest BCUT2D eigenvalue weighted by atomic mass is 31.2. The van der Waals surface area contributed by atoms with Crippen LogP contribution in [0.2, 0.25) is 0 Å². The van der Waals surface area contributed by atoms with E-state index in [-0.39, 0.29) is 15.1 Å². The monoisotopic (exact) mass is 845 g/mol. The second-order valence-electron chi connectivity index (χ2n) is 12.7. The average molecular weight is 846 g/mol. The molecule has 2 unspecified atom stereocenters. The SMILES string of the molecule is CCO[P+]1=NP(OCC)(OC(Oc2ccccc2C)(Oc2ccccc2C)C(Oc2ccccc2C)(Oc2ccccc2C)Oc2ccccc2C)=NP=NP=N1. The molecular weight excluding hydrogens is 800 g/mol. The highest BCUT2D eigenvalue weighted by molar-refractivity contribution is 7.66. The Morgan fingerprint density at radius 3 is 1.23 bits per heavy atom. The van der Waals surface area contributed by atoms with Crippen molar-refractivity contribution in [3.05, 3.63) is 149 Å². The molecule has 0 N–H and O–H groups in total. The van der Waals surface area contributed by atoms with E-state index in [9.17, 15) is 0 Å². The van der Waals surface area contributed by atoms with Crippen molar-refractivity contribution >= 4 is 32.8 Å². The minimum absolute atomic E-state index is 0.122. The Morgan fingerprint density at radius 2 is 0.877 bits per heavy atom. The van der Waals surface area contributed by atoms with Crippen LogP contribution in [0.25, 0.3) is 0 Å². The fraction of sp³-hybridized carbons (Fsp3) is 0.268. The number of hydrogen-bond donors (Lipinski definition) is 0. The Kier molecular flexibility index (Phi) is 14.3. The molecule has 0 aliphatic carbocycles. The molecule has 296 valence electrons. The quantitative estimate of drug-likeness (QED) is 0.0669. The van der Waals surface area contributed by atoms with Crippen LogP contribution in [0.4, 0.5) is 0 Å². The van der Waals surface area contributed by atoms with Gasteiger partial charge in [0.05, 0.1) is 6.61 Å². The van der Waals surface area contributed by atoms with E-state index in [1.807, 2.05) is 139 Å². The molecule has 1 heterocycles. The van der Waals surface area contributed by atoms with Crippen LogP contribution >= 0.6 is 32.8 Å². The zero-order valence-electron chi connectivity index (χ0n) is 32.8. The molecule has 0 fully saturated rings. The van der Waals surface area contributed by atoms with E-state index in [1.165, 1.54) is 0 Å². The van der Waals surface area contributed by atoms with Crippen LogP contribution in [0.15, 0.2) is 139 Å². The van der Waals surface area contributed by atoms with Crippen LogP contribution in [0.3, 0.4) is 0 Å². The number of nitrogens with zero attached hydrogens (tertiary/aromatic N) is 4. The Labute approximate surface area is 338 Å². The lowest BCUT2D eigenvalue weighted by atomic mass is 10.2. The number of rotatable bonds is 17. The van der Waals surface area contributed by atoms with Gasteiger partial charge in [-0.15, -0.1) is 4.52 Å². The van der Waals surface area contributed by atoms with E-state index in [1.54, 1.807) is 30.3 Å². The lowest BCUT2D eigenvalue weighted by Crippen LogP contribution is -2.72. The van der Waals surface area contributed by atoms with Crippen LogP contribution in [-0.2, 0) is 13.6 Å². The van der Waals surface area contributed by atoms with Crippen molar-refractivity contribution in [2.75, 3.05) is 13.2 Å². The van der Waals surface area contributed by atoms with E-state index < -0.39 is 27.7 Å². The molecule has 0 saturated heterocycles. The predicted molar refractivity (Wildman–Crippen MR) is 226 cm³/mol. The summed E-state index contributed by atoms with van der Waals surface area (Å²) >= 11 is 0. The van der Waals surface area contributed by atoms with E-state index in [2.05, 4.69) is 9.03 Å². The van der Waals surface area contributed by atoms with Gasteiger partial charge in [0.25, 0.3) is 0 Å². The molecule has 2 atom stereocenters. The number of aryl methyl sites for hydroxylation is 5. The summed E-state index contributed by atoms with van der Waals surface area (Å²) in [6.07, 6.45) is 0. The second kappa shape index (κ2) is 19.3. The smallest absolute Gasteiger partial charge is 0.420 e. The van der Waals surface area contributed by atoms with Crippen molar-refractivity contribution in [2.45, 2.75) is 60.4 Å². The van der Waals surface area contributed by atoms with Crippen molar-refractivity contribution in [1.29, 1.82) is 0 Å². The van der Waals surface area contributed by atoms with Crippen molar-refractivity contribution in [1.82, 2.24) is 0 Å². The zero-order valence-corrected chi connectivity index (χ0v) is 36.4. The van der Waals surface area contributed by atoms with Gasteiger partial charge < -0.3 is 28.2 Å². The number of ether oxygens (including phenoxy) is 5. The van der Waals surface area contributed by atoms with Gasteiger partial charge in [-0.2, -0.15) is 9.03 Å². The van der Waals surface area contributed by atoms with Crippen molar-refractivity contribution in [3.63, 3.8) is 0 Å². The number of hydrogen-bond acceptors (Lipinski definition) is 12. The standard InChI is InChI=1S/C41H45N4O8P4/c1-8-46-56-43-54-42-55-44-57(45-56,47-9-2)53-41(51-38-28-18-13-23-33(38)6,52-39-29-19-14-24-34(39)7)40(48-35-25-15-10-20-30(35)3,49-36-26-16-11-21-31(36)4)50-37-27-17-12-22-32(37)5/h10-29H,8-9H2,1-7H3/q+1. The number of benzene rings is 5. The summed E-state index contributed by atoms with van der Waals surface area (Å²) in [7, 11) is -5.19. The summed E-state index contributed by atoms with van der Waals surface area (Å²) in [5.41, 5.74) is 3.76. The van der Waals surface area contributed by atoms with Gasteiger partial charge in [-0.3, -0.25) is 0 Å². The van der Waals surface area contributed by atoms with Crippen LogP contribution in [-0.4, -0.2) is 25.2 Å². The fourth-order valence-corrected chi connectivity index (χ4v) is 11.1. The molecule has 0 radical (unpaired) electrons. The van der Waals surface area contributed by atoms with Crippen molar-refractivity contribution < 1.29 is 37.3 Å². The van der Waals surface area contributed by atoms with Crippen LogP contribution in [0, 0.1) is 34.6 Å². The first kappa shape index (κ1) is 42.1. The summed E-state index contributed by atoms with van der Waals surface area (Å²) < 4.78 is 75.0. The van der Waals surface area contributed by atoms with Gasteiger partial charge >= 0.3 is 27.7 Å². The molecule has 57 heavy (non-hydrogen) atoms. The molecule has 0 saturated carbocycles. The third kappa shape index (κ3) is 10.2. The molecule has 5 aromatic carbocycles. The second-order valence-corrected chi connectivity index (χ2v) is 18.1. The van der Waals surface area contributed by atoms with Gasteiger partial charge in [0, 0.05) is 9.03 Å². The maximum Gasteiger partial charge on any atom is 0.547 e. The molecule has 1 aliphatic rings. The van der Waals surface area contributed by atoms with E-state index >= 15 is 0 Å². The highest BCUT2D eigenvalue weighted by Crippen LogP contribution is 2.65. The molecule has 6 rings (SSSR count). The molecule has 5 aromatic rings. The maximum atomic E-state index is 7.38. The Hall–Kier alpha value is -4.49. The van der Waals surface area contributed by atoms with Gasteiger partial charge in [-0.1, -0.05) is 91.0 Å². The molecule has 0 spiro atoms. The Balaban J connectivity index is 1.80. The molecular formula is C41H45N4O8P4+. The van der Waals surface area contributed by atoms with E-state index in [0.29, 0.717) is 43.9 Å². The zero-order chi connectivity index (χ0) is 40.3. The van der Waals surface area contributed by atoms with Gasteiger partial charge in [0.15, 0.2) is 8.52 Å². The fourth-order valence-electron chi connectivity index (χ4n) is 5.44. The normalized spacial score (nSPS) is 16.6. The molecule has 0 bridgehead atoms. The third-order valence-electron chi connectivity index (χ3n) is 8.38. The van der Waals surface area contributed by atoms with Gasteiger partial charge in [-0.25, -0.2) is 4.52 Å². The van der Waals surface area contributed by atoms with Crippen LogP contribution in [0.1, 0.15) is 41.7 Å². The molecule has 12 nitrogen and oxygen atoms in total. The summed E-state index contributed by atoms with van der Waals surface area (Å²) in [6.45, 7) is 13.7. The average Bonchev–Trinajstić information content (AvgIpc) is 3.18. The van der Waals surface area contributed by atoms with Crippen LogP contribution in [0.5, 0.6) is 28.7 Å². The van der Waals surface area contributed by atoms with Gasteiger partial charge in [0.2, 0.25) is 8.52 Å². The first-order chi connectivity index (χ1) is 27.6. The summed E-state index contributed by atoms with van der Waals surface area (Å²) in [5.74, 6) is -3.34. The van der Waals surface area contributed by atoms with E-state index in [0.717, 1.165) is 27.8 Å². The maximum absolute atomic E-state index is 7.38. The third-order valence-corrected chi connectivity index (χ3v) is 14.3. The minimum atomic E-state index is -3.96. The first-order valence-electron chi connectivity index (χ1n) is 18.3. The molecule has 16 heteroatoms. The Morgan fingerprint density at radius 1 is 0.509 bits per heavy atom. The highest BCUT2D eigenvalue weighted by Gasteiger charge is 2.72. The van der Waals surface area contributed by atoms with Crippen LogP contribution < -0.4 is 23.7 Å². The van der Waals surface area contributed by atoms with Gasteiger partial charge in [0.1, 0.15) is 35.4 Å². The Bertz CT molecular complexity index is 2160. The van der Waals surface area contributed by atoms with E-state index in [4.69, 9.17) is 46.3 Å². The first-order valence-corrected chi connectivity index (χ1v) is 22.6. The topological polar surface area (TPSA) is 123 Å². The minimum Gasteiger partial charge on any atom is -0.420 e. The number of para-hydroxylation sites is 5. The van der Waals surface area contributed by atoms with Crippen molar-refractivity contribution in [3.8, 4) is 28.7 Å². The largest absolute Gasteiger partial charge is 0.547 e. The molecule has 0 amide bonds. The molecule has 0 aromatic heterocycles. The molecule has 1 aliphatic heterocycles. The lowest BCUT2D eigenvalue weighted by Gasteiger charge is -2.45.